The van der Waals surface area contributed by atoms with Crippen LogP contribution in [0.1, 0.15) is 12.8 Å². The Morgan fingerprint density at radius 2 is 2.16 bits per heavy atom. The first kappa shape index (κ1) is 21.4. The fraction of sp³-hybridized carbons (Fsp3) is 0.273. The fourth-order valence-electron chi connectivity index (χ4n) is 3.66. The van der Waals surface area contributed by atoms with E-state index in [4.69, 9.17) is 21.3 Å². The Morgan fingerprint density at radius 3 is 2.94 bits per heavy atom. The van der Waals surface area contributed by atoms with E-state index in [2.05, 4.69) is 10.3 Å². The van der Waals surface area contributed by atoms with E-state index in [-0.39, 0.29) is 23.3 Å². The number of ether oxygens (including phenoxy) is 1. The van der Waals surface area contributed by atoms with Crippen molar-refractivity contribution in [2.24, 2.45) is 0 Å². The van der Waals surface area contributed by atoms with E-state index >= 15 is 0 Å². The number of rotatable bonds is 6. The number of fused-ring (bicyclic) bond motifs is 3. The number of carbonyl (C=O) groups excluding carboxylic acids is 1. The summed E-state index contributed by atoms with van der Waals surface area (Å²) in [6.45, 7) is 1.12. The van der Waals surface area contributed by atoms with Gasteiger partial charge in [0.25, 0.3) is 5.56 Å². The van der Waals surface area contributed by atoms with Gasteiger partial charge in [-0.25, -0.2) is 9.97 Å². The van der Waals surface area contributed by atoms with Crippen molar-refractivity contribution in [3.05, 3.63) is 58.0 Å². The standard InChI is InChI=1S/C22H19ClN4O3S2/c23-13-5-7-14(8-6-13)25-17(28)12-31-22-26-18-16-4-1-9-24-20(16)32-19(18)21(29)27(22)11-15-3-2-10-30-15/h1,4-9,15H,2-3,10-12H2,(H,25,28)/t15-/m1/s1. The third kappa shape index (κ3) is 4.38. The van der Waals surface area contributed by atoms with Gasteiger partial charge in [0.2, 0.25) is 5.91 Å². The molecule has 1 aliphatic rings. The molecule has 1 fully saturated rings. The molecular formula is C22H19ClN4O3S2. The van der Waals surface area contributed by atoms with Crippen LogP contribution in [0.4, 0.5) is 5.69 Å². The second kappa shape index (κ2) is 9.19. The SMILES string of the molecule is O=C(CSc1nc2c(sc3ncccc32)c(=O)n1C[C@H]1CCCO1)Nc1ccc(Cl)cc1. The van der Waals surface area contributed by atoms with Crippen molar-refractivity contribution in [3.8, 4) is 0 Å². The number of nitrogens with one attached hydrogen (secondary N) is 1. The summed E-state index contributed by atoms with van der Waals surface area (Å²) >= 11 is 8.49. The van der Waals surface area contributed by atoms with E-state index in [0.29, 0.717) is 39.2 Å². The number of thioether (sulfide) groups is 1. The summed E-state index contributed by atoms with van der Waals surface area (Å²) in [5, 5.41) is 4.80. The molecule has 10 heteroatoms. The molecule has 0 bridgehead atoms. The van der Waals surface area contributed by atoms with Gasteiger partial charge in [0, 0.05) is 28.9 Å². The molecule has 0 unspecified atom stereocenters. The largest absolute Gasteiger partial charge is 0.376 e. The smallest absolute Gasteiger partial charge is 0.272 e. The molecule has 1 N–H and O–H groups in total. The molecule has 0 aliphatic carbocycles. The average molecular weight is 487 g/mol. The number of hydrogen-bond donors (Lipinski definition) is 1. The summed E-state index contributed by atoms with van der Waals surface area (Å²) in [5.74, 6) is -0.0703. The van der Waals surface area contributed by atoms with Crippen LogP contribution in [-0.4, -0.2) is 38.9 Å². The normalized spacial score (nSPS) is 16.1. The lowest BCUT2D eigenvalue weighted by Crippen LogP contribution is -2.28. The lowest BCUT2D eigenvalue weighted by molar-refractivity contribution is -0.113. The number of carbonyl (C=O) groups is 1. The van der Waals surface area contributed by atoms with Gasteiger partial charge in [-0.1, -0.05) is 23.4 Å². The molecule has 5 rings (SSSR count). The molecule has 1 saturated heterocycles. The van der Waals surface area contributed by atoms with Crippen molar-refractivity contribution in [1.29, 1.82) is 0 Å². The number of nitrogens with zero attached hydrogens (tertiary/aromatic N) is 3. The first-order valence-electron chi connectivity index (χ1n) is 10.2. The average Bonchev–Trinajstić information content (AvgIpc) is 3.44. The monoisotopic (exact) mass is 486 g/mol. The summed E-state index contributed by atoms with van der Waals surface area (Å²) in [5.41, 5.74) is 1.18. The van der Waals surface area contributed by atoms with E-state index in [1.54, 1.807) is 35.0 Å². The third-order valence-corrected chi connectivity index (χ3v) is 7.51. The molecule has 4 aromatic rings. The van der Waals surface area contributed by atoms with Gasteiger partial charge < -0.3 is 10.1 Å². The second-order valence-corrected chi connectivity index (χ2v) is 9.80. The summed E-state index contributed by atoms with van der Waals surface area (Å²) in [4.78, 5) is 35.9. The number of anilines is 1. The van der Waals surface area contributed by atoms with Crippen LogP contribution >= 0.6 is 34.7 Å². The van der Waals surface area contributed by atoms with Crippen molar-refractivity contribution in [2.75, 3.05) is 17.7 Å². The minimum atomic E-state index is -0.188. The highest BCUT2D eigenvalue weighted by Crippen LogP contribution is 2.31. The molecule has 7 nitrogen and oxygen atoms in total. The van der Waals surface area contributed by atoms with Crippen molar-refractivity contribution >= 4 is 66.7 Å². The Labute approximate surface area is 196 Å². The van der Waals surface area contributed by atoms with Crippen LogP contribution in [0.3, 0.4) is 0 Å². The lowest BCUT2D eigenvalue weighted by Gasteiger charge is -2.15. The zero-order valence-electron chi connectivity index (χ0n) is 16.9. The predicted molar refractivity (Wildman–Crippen MR) is 129 cm³/mol. The molecule has 164 valence electrons. The molecule has 1 amide bonds. The maximum Gasteiger partial charge on any atom is 0.272 e. The van der Waals surface area contributed by atoms with Crippen LogP contribution in [0, 0.1) is 0 Å². The summed E-state index contributed by atoms with van der Waals surface area (Å²) in [7, 11) is 0. The van der Waals surface area contributed by atoms with E-state index in [0.717, 1.165) is 23.1 Å². The van der Waals surface area contributed by atoms with Crippen molar-refractivity contribution < 1.29 is 9.53 Å². The van der Waals surface area contributed by atoms with Crippen molar-refractivity contribution in [3.63, 3.8) is 0 Å². The van der Waals surface area contributed by atoms with Crippen molar-refractivity contribution in [1.82, 2.24) is 14.5 Å². The minimum absolute atomic E-state index is 0.0262. The van der Waals surface area contributed by atoms with E-state index < -0.39 is 0 Å². The van der Waals surface area contributed by atoms with Crippen LogP contribution in [0.25, 0.3) is 20.4 Å². The number of amides is 1. The highest BCUT2D eigenvalue weighted by Gasteiger charge is 2.22. The van der Waals surface area contributed by atoms with Gasteiger partial charge in [0.1, 0.15) is 9.53 Å². The molecule has 32 heavy (non-hydrogen) atoms. The summed E-state index contributed by atoms with van der Waals surface area (Å²) in [6.07, 6.45) is 3.56. The minimum Gasteiger partial charge on any atom is -0.376 e. The van der Waals surface area contributed by atoms with Crippen LogP contribution < -0.4 is 10.9 Å². The third-order valence-electron chi connectivity index (χ3n) is 5.19. The molecular weight excluding hydrogens is 468 g/mol. The van der Waals surface area contributed by atoms with Gasteiger partial charge in [-0.15, -0.1) is 11.3 Å². The van der Waals surface area contributed by atoms with Crippen LogP contribution in [-0.2, 0) is 16.1 Å². The molecule has 0 radical (unpaired) electrons. The van der Waals surface area contributed by atoms with E-state index in [1.807, 2.05) is 12.1 Å². The number of aromatic nitrogens is 3. The maximum atomic E-state index is 13.4. The number of hydrogen-bond acceptors (Lipinski definition) is 7. The quantitative estimate of drug-likeness (QED) is 0.317. The Bertz CT molecular complexity index is 1350. The molecule has 0 spiro atoms. The number of halogens is 1. The van der Waals surface area contributed by atoms with Gasteiger partial charge in [0.05, 0.1) is 23.9 Å². The molecule has 3 aromatic heterocycles. The summed E-state index contributed by atoms with van der Waals surface area (Å²) in [6, 6.07) is 10.7. The fourth-order valence-corrected chi connectivity index (χ4v) is 5.62. The maximum absolute atomic E-state index is 13.4. The first-order valence-corrected chi connectivity index (χ1v) is 12.3. The molecule has 4 heterocycles. The predicted octanol–water partition coefficient (Wildman–Crippen LogP) is 4.57. The van der Waals surface area contributed by atoms with E-state index in [9.17, 15) is 9.59 Å². The van der Waals surface area contributed by atoms with Crippen LogP contribution in [0.5, 0.6) is 0 Å². The summed E-state index contributed by atoms with van der Waals surface area (Å²) < 4.78 is 7.98. The molecule has 1 atom stereocenters. The highest BCUT2D eigenvalue weighted by molar-refractivity contribution is 7.99. The zero-order chi connectivity index (χ0) is 22.1. The Hall–Kier alpha value is -2.46. The van der Waals surface area contributed by atoms with Gasteiger partial charge in [-0.2, -0.15) is 0 Å². The molecule has 0 saturated carbocycles. The van der Waals surface area contributed by atoms with Gasteiger partial charge in [0.15, 0.2) is 5.16 Å². The number of benzene rings is 1. The second-order valence-electron chi connectivity index (χ2n) is 7.42. The first-order chi connectivity index (χ1) is 15.6. The molecule has 1 aliphatic heterocycles. The highest BCUT2D eigenvalue weighted by atomic mass is 35.5. The van der Waals surface area contributed by atoms with Crippen molar-refractivity contribution in [2.45, 2.75) is 30.6 Å². The Morgan fingerprint density at radius 1 is 1.31 bits per heavy atom. The Kier molecular flexibility index (Phi) is 6.14. The van der Waals surface area contributed by atoms with Gasteiger partial charge in [-0.3, -0.25) is 14.2 Å². The number of thiophene rings is 1. The van der Waals surface area contributed by atoms with Gasteiger partial charge >= 0.3 is 0 Å². The molecule has 1 aromatic carbocycles. The van der Waals surface area contributed by atoms with Gasteiger partial charge in [-0.05, 0) is 49.2 Å². The zero-order valence-corrected chi connectivity index (χ0v) is 19.3. The van der Waals surface area contributed by atoms with Crippen LogP contribution in [0.15, 0.2) is 52.5 Å². The lowest BCUT2D eigenvalue weighted by atomic mass is 10.2. The topological polar surface area (TPSA) is 86.1 Å². The Balaban J connectivity index is 1.46. The van der Waals surface area contributed by atoms with E-state index in [1.165, 1.54) is 23.1 Å². The van der Waals surface area contributed by atoms with Crippen LogP contribution in [0.2, 0.25) is 5.02 Å². The number of pyridine rings is 1.